The molecule has 0 amide bonds. The van der Waals surface area contributed by atoms with Crippen LogP contribution in [0.1, 0.15) is 5.56 Å². The monoisotopic (exact) mass is 396 g/mol. The van der Waals surface area contributed by atoms with E-state index in [2.05, 4.69) is 4.98 Å². The second kappa shape index (κ2) is 7.18. The van der Waals surface area contributed by atoms with Gasteiger partial charge in [0.2, 0.25) is 10.0 Å². The maximum Gasteiger partial charge on any atom is 0.243 e. The molecule has 130 valence electrons. The van der Waals surface area contributed by atoms with Crippen LogP contribution in [0.15, 0.2) is 41.4 Å². The number of benzene rings is 1. The fraction of sp³-hybridized carbons (Fsp3) is 0.250. The predicted octanol–water partition coefficient (Wildman–Crippen LogP) is 2.77. The maximum absolute atomic E-state index is 12.7. The third kappa shape index (κ3) is 3.72. The molecule has 1 aromatic heterocycles. The van der Waals surface area contributed by atoms with E-state index in [9.17, 15) is 8.42 Å². The molecule has 9 heteroatoms. The summed E-state index contributed by atoms with van der Waals surface area (Å²) >= 11 is 11.8. The Balaban J connectivity index is 1.72. The average molecular weight is 397 g/mol. The van der Waals surface area contributed by atoms with Crippen molar-refractivity contribution in [3.63, 3.8) is 0 Å². The number of hydrogen-bond acceptors (Lipinski definition) is 5. The smallest absolute Gasteiger partial charge is 0.243 e. The summed E-state index contributed by atoms with van der Waals surface area (Å²) in [5.74, 6) is 0.727. The number of anilines is 1. The Morgan fingerprint density at radius 2 is 1.76 bits per heavy atom. The first-order chi connectivity index (χ1) is 11.9. The van der Waals surface area contributed by atoms with Gasteiger partial charge in [0.15, 0.2) is 0 Å². The van der Waals surface area contributed by atoms with Crippen LogP contribution < -0.4 is 4.90 Å². The number of piperazine rings is 1. The van der Waals surface area contributed by atoms with Gasteiger partial charge in [-0.05, 0) is 30.3 Å². The number of nitriles is 1. The molecule has 2 heterocycles. The predicted molar refractivity (Wildman–Crippen MR) is 96.4 cm³/mol. The molecule has 0 atom stereocenters. The van der Waals surface area contributed by atoms with Crippen molar-refractivity contribution in [2.24, 2.45) is 0 Å². The van der Waals surface area contributed by atoms with Crippen molar-refractivity contribution in [3.05, 3.63) is 52.1 Å². The summed E-state index contributed by atoms with van der Waals surface area (Å²) < 4.78 is 26.9. The van der Waals surface area contributed by atoms with Crippen LogP contribution >= 0.6 is 23.2 Å². The van der Waals surface area contributed by atoms with Gasteiger partial charge in [-0.25, -0.2) is 13.4 Å². The lowest BCUT2D eigenvalue weighted by Gasteiger charge is -2.34. The Hall–Kier alpha value is -1.85. The molecule has 2 aromatic rings. The molecule has 1 saturated heterocycles. The topological polar surface area (TPSA) is 77.3 Å². The van der Waals surface area contributed by atoms with Gasteiger partial charge in [-0.1, -0.05) is 23.2 Å². The van der Waals surface area contributed by atoms with Crippen molar-refractivity contribution in [2.45, 2.75) is 4.90 Å². The summed E-state index contributed by atoms with van der Waals surface area (Å²) in [5, 5.41) is 9.34. The molecule has 25 heavy (non-hydrogen) atoms. The van der Waals surface area contributed by atoms with Crippen LogP contribution in [0.3, 0.4) is 0 Å². The minimum Gasteiger partial charge on any atom is -0.354 e. The lowest BCUT2D eigenvalue weighted by molar-refractivity contribution is 0.384. The molecule has 1 aromatic carbocycles. The lowest BCUT2D eigenvalue weighted by Crippen LogP contribution is -2.48. The number of hydrogen-bond donors (Lipinski definition) is 0. The summed E-state index contributed by atoms with van der Waals surface area (Å²) in [5.41, 5.74) is 0.490. The zero-order chi connectivity index (χ0) is 18.0. The number of halogens is 2. The van der Waals surface area contributed by atoms with Crippen molar-refractivity contribution in [1.29, 1.82) is 5.26 Å². The summed E-state index contributed by atoms with van der Waals surface area (Å²) in [7, 11) is -3.62. The van der Waals surface area contributed by atoms with Gasteiger partial charge in [-0.2, -0.15) is 9.57 Å². The molecule has 0 aliphatic carbocycles. The van der Waals surface area contributed by atoms with Gasteiger partial charge in [0.25, 0.3) is 0 Å². The zero-order valence-corrected chi connectivity index (χ0v) is 15.4. The number of rotatable bonds is 3. The summed E-state index contributed by atoms with van der Waals surface area (Å²) in [4.78, 5) is 6.36. The van der Waals surface area contributed by atoms with Crippen LogP contribution in [0.25, 0.3) is 0 Å². The second-order valence-electron chi connectivity index (χ2n) is 5.48. The van der Waals surface area contributed by atoms with Gasteiger partial charge < -0.3 is 4.90 Å². The van der Waals surface area contributed by atoms with Crippen LogP contribution in [0.4, 0.5) is 5.82 Å². The van der Waals surface area contributed by atoms with Gasteiger partial charge in [0.05, 0.1) is 20.5 Å². The highest BCUT2D eigenvalue weighted by atomic mass is 35.5. The normalized spacial score (nSPS) is 15.8. The van der Waals surface area contributed by atoms with Gasteiger partial charge in [0, 0.05) is 32.4 Å². The molecular formula is C16H14Cl2N4O2S. The van der Waals surface area contributed by atoms with Crippen molar-refractivity contribution in [3.8, 4) is 6.07 Å². The Morgan fingerprint density at radius 3 is 2.32 bits per heavy atom. The largest absolute Gasteiger partial charge is 0.354 e. The number of nitrogens with zero attached hydrogens (tertiary/aromatic N) is 4. The first-order valence-electron chi connectivity index (χ1n) is 7.48. The molecule has 1 aliphatic rings. The number of aromatic nitrogens is 1. The highest BCUT2D eigenvalue weighted by Crippen LogP contribution is 2.27. The fourth-order valence-corrected chi connectivity index (χ4v) is 4.39. The van der Waals surface area contributed by atoms with Gasteiger partial charge in [-0.15, -0.1) is 0 Å². The minimum atomic E-state index is -3.62. The van der Waals surface area contributed by atoms with E-state index in [4.69, 9.17) is 28.5 Å². The van der Waals surface area contributed by atoms with E-state index in [0.717, 1.165) is 5.82 Å². The van der Waals surface area contributed by atoms with Crippen molar-refractivity contribution < 1.29 is 8.42 Å². The van der Waals surface area contributed by atoms with E-state index in [1.807, 2.05) is 11.0 Å². The van der Waals surface area contributed by atoms with Crippen molar-refractivity contribution in [2.75, 3.05) is 31.1 Å². The SMILES string of the molecule is N#Cc1ccc(N2CCN(S(=O)(=O)c3ccc(Cl)c(Cl)c3)CC2)nc1. The maximum atomic E-state index is 12.7. The third-order valence-electron chi connectivity index (χ3n) is 3.97. The Bertz CT molecular complexity index is 918. The molecule has 0 spiro atoms. The molecule has 6 nitrogen and oxygen atoms in total. The van der Waals surface area contributed by atoms with Gasteiger partial charge >= 0.3 is 0 Å². The first kappa shape index (κ1) is 18.0. The summed E-state index contributed by atoms with van der Waals surface area (Å²) in [6.07, 6.45) is 1.51. The van der Waals surface area contributed by atoms with E-state index in [1.165, 1.54) is 28.7 Å². The molecule has 0 bridgehead atoms. The minimum absolute atomic E-state index is 0.131. The molecule has 3 rings (SSSR count). The summed E-state index contributed by atoms with van der Waals surface area (Å²) in [6, 6.07) is 9.79. The van der Waals surface area contributed by atoms with E-state index in [1.54, 1.807) is 12.1 Å². The van der Waals surface area contributed by atoms with Crippen LogP contribution in [-0.2, 0) is 10.0 Å². The Morgan fingerprint density at radius 1 is 1.04 bits per heavy atom. The molecule has 1 fully saturated rings. The molecular weight excluding hydrogens is 383 g/mol. The van der Waals surface area contributed by atoms with Crippen LogP contribution in [-0.4, -0.2) is 43.9 Å². The lowest BCUT2D eigenvalue weighted by atomic mass is 10.3. The molecule has 0 unspecified atom stereocenters. The number of pyridine rings is 1. The van der Waals surface area contributed by atoms with E-state index < -0.39 is 10.0 Å². The van der Waals surface area contributed by atoms with Gasteiger partial charge in [-0.3, -0.25) is 0 Å². The highest BCUT2D eigenvalue weighted by molar-refractivity contribution is 7.89. The van der Waals surface area contributed by atoms with Crippen molar-refractivity contribution >= 4 is 39.0 Å². The Kier molecular flexibility index (Phi) is 5.16. The quantitative estimate of drug-likeness (QED) is 0.796. The van der Waals surface area contributed by atoms with Crippen LogP contribution in [0.5, 0.6) is 0 Å². The van der Waals surface area contributed by atoms with Crippen molar-refractivity contribution in [1.82, 2.24) is 9.29 Å². The molecule has 0 saturated carbocycles. The van der Waals surface area contributed by atoms with E-state index >= 15 is 0 Å². The average Bonchev–Trinajstić information content (AvgIpc) is 2.64. The molecule has 0 radical (unpaired) electrons. The fourth-order valence-electron chi connectivity index (χ4n) is 2.58. The van der Waals surface area contributed by atoms with E-state index in [-0.39, 0.29) is 9.92 Å². The number of sulfonamides is 1. The van der Waals surface area contributed by atoms with Gasteiger partial charge in [0.1, 0.15) is 11.9 Å². The standard InChI is InChI=1S/C16H14Cl2N4O2S/c17-14-3-2-13(9-15(14)18)25(23,24)22-7-5-21(6-8-22)16-4-1-12(10-19)11-20-16/h1-4,9,11H,5-8H2. The summed E-state index contributed by atoms with van der Waals surface area (Å²) in [6.45, 7) is 1.70. The molecule has 0 N–H and O–H groups in total. The zero-order valence-electron chi connectivity index (χ0n) is 13.1. The second-order valence-corrected chi connectivity index (χ2v) is 8.24. The Labute approximate surface area is 156 Å². The van der Waals surface area contributed by atoms with Crippen LogP contribution in [0.2, 0.25) is 10.0 Å². The molecule has 1 aliphatic heterocycles. The first-order valence-corrected chi connectivity index (χ1v) is 9.68. The van der Waals surface area contributed by atoms with Crippen LogP contribution in [0, 0.1) is 11.3 Å². The third-order valence-corrected chi connectivity index (χ3v) is 6.60. The van der Waals surface area contributed by atoms with E-state index in [0.29, 0.717) is 36.8 Å². The highest BCUT2D eigenvalue weighted by Gasteiger charge is 2.29.